The second-order valence-electron chi connectivity index (χ2n) is 7.51. The molecular weight excluding hydrogens is 324 g/mol. The molecule has 3 unspecified atom stereocenters. The smallest absolute Gasteiger partial charge is 0.184 e. The highest BCUT2D eigenvalue weighted by Crippen LogP contribution is 2.42. The summed E-state index contributed by atoms with van der Waals surface area (Å²) in [7, 11) is 0. The second-order valence-corrected chi connectivity index (χ2v) is 7.51. The van der Waals surface area contributed by atoms with Crippen LogP contribution >= 0.6 is 0 Å². The van der Waals surface area contributed by atoms with Crippen molar-refractivity contribution in [3.8, 4) is 0 Å². The maximum absolute atomic E-state index is 10.5. The Bertz CT molecular complexity index is 389. The highest BCUT2D eigenvalue weighted by molar-refractivity contribution is 4.97. The molecule has 0 amide bonds. The lowest BCUT2D eigenvalue weighted by Gasteiger charge is -2.51. The van der Waals surface area contributed by atoms with Crippen molar-refractivity contribution in [1.82, 2.24) is 0 Å². The molecule has 2 rings (SSSR count). The van der Waals surface area contributed by atoms with Crippen molar-refractivity contribution < 1.29 is 29.2 Å². The Morgan fingerprint density at radius 2 is 1.84 bits per heavy atom. The molecule has 0 saturated carbocycles. The molecule has 2 N–H and O–H groups in total. The van der Waals surface area contributed by atoms with E-state index in [0.717, 1.165) is 19.3 Å². The minimum absolute atomic E-state index is 0.0470. The summed E-state index contributed by atoms with van der Waals surface area (Å²) in [5, 5.41) is 20.2. The number of rotatable bonds is 7. The third-order valence-electron chi connectivity index (χ3n) is 5.77. The lowest BCUT2D eigenvalue weighted by Crippen LogP contribution is -2.60. The first-order valence-electron chi connectivity index (χ1n) is 9.78. The van der Waals surface area contributed by atoms with E-state index in [9.17, 15) is 10.2 Å². The second kappa shape index (κ2) is 9.11. The van der Waals surface area contributed by atoms with Crippen molar-refractivity contribution >= 4 is 0 Å². The molecule has 2 aliphatic rings. The van der Waals surface area contributed by atoms with Gasteiger partial charge in [-0.25, -0.2) is 0 Å². The van der Waals surface area contributed by atoms with Gasteiger partial charge in [-0.3, -0.25) is 0 Å². The average molecular weight is 360 g/mol. The van der Waals surface area contributed by atoms with Gasteiger partial charge < -0.3 is 29.2 Å². The van der Waals surface area contributed by atoms with Gasteiger partial charge in [0.25, 0.3) is 0 Å². The average Bonchev–Trinajstić information content (AvgIpc) is 2.59. The van der Waals surface area contributed by atoms with Crippen LogP contribution < -0.4 is 0 Å². The molecule has 0 radical (unpaired) electrons. The van der Waals surface area contributed by atoms with Crippen LogP contribution in [-0.4, -0.2) is 65.8 Å². The van der Waals surface area contributed by atoms with E-state index in [4.69, 9.17) is 18.9 Å². The molecule has 2 saturated heterocycles. The van der Waals surface area contributed by atoms with Crippen molar-refractivity contribution in [3.05, 3.63) is 0 Å². The van der Waals surface area contributed by atoms with Gasteiger partial charge >= 0.3 is 0 Å². The summed E-state index contributed by atoms with van der Waals surface area (Å²) in [5.41, 5.74) is -0.528. The third kappa shape index (κ3) is 4.54. The summed E-state index contributed by atoms with van der Waals surface area (Å²) in [4.78, 5) is 0. The molecule has 6 heteroatoms. The number of aliphatic hydroxyl groups excluding tert-OH is 2. The van der Waals surface area contributed by atoms with Gasteiger partial charge in [0.05, 0.1) is 30.5 Å². The zero-order valence-corrected chi connectivity index (χ0v) is 16.3. The fourth-order valence-electron chi connectivity index (χ4n) is 4.37. The van der Waals surface area contributed by atoms with E-state index in [-0.39, 0.29) is 24.9 Å². The third-order valence-corrected chi connectivity index (χ3v) is 5.77. The summed E-state index contributed by atoms with van der Waals surface area (Å²) in [5.74, 6) is 0.328. The Hall–Kier alpha value is -0.240. The molecule has 2 heterocycles. The fourth-order valence-corrected chi connectivity index (χ4v) is 4.37. The highest BCUT2D eigenvalue weighted by atomic mass is 16.7. The van der Waals surface area contributed by atoms with E-state index >= 15 is 0 Å². The molecule has 0 aromatic heterocycles. The highest BCUT2D eigenvalue weighted by Gasteiger charge is 2.50. The van der Waals surface area contributed by atoms with Gasteiger partial charge in [-0.1, -0.05) is 20.3 Å². The zero-order valence-electron chi connectivity index (χ0n) is 16.3. The van der Waals surface area contributed by atoms with E-state index in [1.54, 1.807) is 0 Å². The first-order valence-corrected chi connectivity index (χ1v) is 9.78. The molecule has 0 aliphatic carbocycles. The first kappa shape index (κ1) is 21.1. The van der Waals surface area contributed by atoms with Gasteiger partial charge in [-0.2, -0.15) is 0 Å². The Kier molecular flexibility index (Phi) is 7.67. The number of ether oxygens (including phenoxy) is 4. The van der Waals surface area contributed by atoms with Crippen molar-refractivity contribution in [1.29, 1.82) is 0 Å². The molecular formula is C19H36O6. The fraction of sp³-hybridized carbons (Fsp3) is 1.00. The van der Waals surface area contributed by atoms with Crippen molar-refractivity contribution in [2.75, 3.05) is 13.2 Å². The van der Waals surface area contributed by atoms with Crippen LogP contribution in [0, 0.1) is 5.92 Å². The van der Waals surface area contributed by atoms with Gasteiger partial charge in [0.1, 0.15) is 12.2 Å². The zero-order chi connectivity index (χ0) is 18.6. The number of hydrogen-bond donors (Lipinski definition) is 2. The van der Waals surface area contributed by atoms with Crippen LogP contribution in [0.5, 0.6) is 0 Å². The van der Waals surface area contributed by atoms with E-state index in [0.29, 0.717) is 18.9 Å². The summed E-state index contributed by atoms with van der Waals surface area (Å²) in [6.07, 6.45) is 0.932. The SMILES string of the molecule is CCO[C@H]1CC(O)C(O[C@@]2(C)C(CC)C[C@@H](C)O[C@@H]2CC)O[C@@H]1CO. The predicted molar refractivity (Wildman–Crippen MR) is 94.3 cm³/mol. The van der Waals surface area contributed by atoms with Crippen LogP contribution in [0.3, 0.4) is 0 Å². The minimum atomic E-state index is -0.787. The van der Waals surface area contributed by atoms with Crippen LogP contribution in [0.4, 0.5) is 0 Å². The Morgan fingerprint density at radius 3 is 2.40 bits per heavy atom. The summed E-state index contributed by atoms with van der Waals surface area (Å²) >= 11 is 0. The van der Waals surface area contributed by atoms with Gasteiger partial charge in [-0.05, 0) is 39.5 Å². The largest absolute Gasteiger partial charge is 0.394 e. The van der Waals surface area contributed by atoms with Gasteiger partial charge in [0, 0.05) is 13.0 Å². The maximum Gasteiger partial charge on any atom is 0.184 e. The maximum atomic E-state index is 10.5. The topological polar surface area (TPSA) is 77.4 Å². The molecule has 0 spiro atoms. The minimum Gasteiger partial charge on any atom is -0.394 e. The van der Waals surface area contributed by atoms with Crippen LogP contribution in [-0.2, 0) is 18.9 Å². The van der Waals surface area contributed by atoms with Crippen LogP contribution in [0.1, 0.15) is 60.3 Å². The Labute approximate surface area is 151 Å². The van der Waals surface area contributed by atoms with Crippen LogP contribution in [0.25, 0.3) is 0 Å². The van der Waals surface area contributed by atoms with Crippen molar-refractivity contribution in [2.45, 2.75) is 103 Å². The van der Waals surface area contributed by atoms with E-state index in [2.05, 4.69) is 27.7 Å². The molecule has 2 aliphatic heterocycles. The summed E-state index contributed by atoms with van der Waals surface area (Å²) < 4.78 is 24.0. The van der Waals surface area contributed by atoms with Crippen molar-refractivity contribution in [3.63, 3.8) is 0 Å². The molecule has 6 nitrogen and oxygen atoms in total. The van der Waals surface area contributed by atoms with Gasteiger partial charge in [0.2, 0.25) is 0 Å². The lowest BCUT2D eigenvalue weighted by atomic mass is 9.75. The quantitative estimate of drug-likeness (QED) is 0.725. The molecule has 0 bridgehead atoms. The predicted octanol–water partition coefficient (Wildman–Crippen LogP) is 2.25. The van der Waals surface area contributed by atoms with Crippen LogP contribution in [0.15, 0.2) is 0 Å². The molecule has 0 aromatic rings. The summed E-state index contributed by atoms with van der Waals surface area (Å²) in [6, 6.07) is 0. The molecule has 148 valence electrons. The summed E-state index contributed by atoms with van der Waals surface area (Å²) in [6.45, 7) is 10.7. The normalized spacial score (nSPS) is 45.5. The first-order chi connectivity index (χ1) is 11.9. The molecule has 8 atom stereocenters. The molecule has 2 fully saturated rings. The Morgan fingerprint density at radius 1 is 1.12 bits per heavy atom. The Balaban J connectivity index is 2.14. The van der Waals surface area contributed by atoms with E-state index < -0.39 is 24.1 Å². The van der Waals surface area contributed by atoms with E-state index in [1.165, 1.54) is 0 Å². The van der Waals surface area contributed by atoms with Crippen LogP contribution in [0.2, 0.25) is 0 Å². The van der Waals surface area contributed by atoms with Crippen molar-refractivity contribution in [2.24, 2.45) is 5.92 Å². The van der Waals surface area contributed by atoms with E-state index in [1.807, 2.05) is 6.92 Å². The number of hydrogen-bond acceptors (Lipinski definition) is 6. The monoisotopic (exact) mass is 360 g/mol. The lowest BCUT2D eigenvalue weighted by molar-refractivity contribution is -0.338. The standard InChI is InChI=1S/C19H36O6/c1-6-13-9-12(4)23-17(7-2)19(13,5)25-18-14(21)10-15(22-8-3)16(11-20)24-18/h12-18,20-21H,6-11H2,1-5H3/t12-,13?,14?,15+,16-,17-,18?,19+/m1/s1. The van der Waals surface area contributed by atoms with Gasteiger partial charge in [-0.15, -0.1) is 0 Å². The molecule has 0 aromatic carbocycles. The number of aliphatic hydroxyl groups is 2. The van der Waals surface area contributed by atoms with Gasteiger partial charge in [0.15, 0.2) is 6.29 Å². The molecule has 25 heavy (non-hydrogen) atoms.